The highest BCUT2D eigenvalue weighted by Gasteiger charge is 2.13. The fourth-order valence-electron chi connectivity index (χ4n) is 1.94. The van der Waals surface area contributed by atoms with E-state index < -0.39 is 5.91 Å². The number of nitrogens with zero attached hydrogens (tertiary/aromatic N) is 2. The molecule has 2 rings (SSSR count). The molecule has 0 unspecified atom stereocenters. The first kappa shape index (κ1) is 18.0. The standard InChI is InChI=1S/C15H15ClN4O3S/c1-2-5-20-14(23)10-6-9(16)3-4-11(10)19-15(20)24-8-13(22)18-7-12(17)21/h2-4,6H,1,5,7-8H2,(H2,17,21)(H,18,22). The number of fused-ring (bicyclic) bond motifs is 1. The van der Waals surface area contributed by atoms with E-state index >= 15 is 0 Å². The number of allylic oxidation sites excluding steroid dienone is 1. The zero-order valence-corrected chi connectivity index (χ0v) is 14.2. The van der Waals surface area contributed by atoms with E-state index in [0.29, 0.717) is 21.1 Å². The first-order chi connectivity index (χ1) is 11.4. The number of carbonyl (C=O) groups is 2. The SMILES string of the molecule is C=CCn1c(SCC(=O)NCC(N)=O)nc2ccc(Cl)cc2c1=O. The molecule has 1 aromatic heterocycles. The Labute approximate surface area is 146 Å². The number of aromatic nitrogens is 2. The zero-order valence-electron chi connectivity index (χ0n) is 12.6. The van der Waals surface area contributed by atoms with Gasteiger partial charge in [-0.25, -0.2) is 4.98 Å². The maximum Gasteiger partial charge on any atom is 0.262 e. The summed E-state index contributed by atoms with van der Waals surface area (Å²) in [6, 6.07) is 4.84. The summed E-state index contributed by atoms with van der Waals surface area (Å²) in [6.45, 7) is 3.64. The molecule has 0 aliphatic heterocycles. The van der Waals surface area contributed by atoms with Crippen molar-refractivity contribution >= 4 is 46.1 Å². The molecule has 0 aliphatic rings. The molecule has 0 spiro atoms. The van der Waals surface area contributed by atoms with Crippen LogP contribution < -0.4 is 16.6 Å². The van der Waals surface area contributed by atoms with Crippen molar-refractivity contribution in [1.29, 1.82) is 0 Å². The summed E-state index contributed by atoms with van der Waals surface area (Å²) in [5.74, 6) is -1.01. The fourth-order valence-corrected chi connectivity index (χ4v) is 2.95. The van der Waals surface area contributed by atoms with E-state index in [2.05, 4.69) is 16.9 Å². The van der Waals surface area contributed by atoms with E-state index in [1.807, 2.05) is 0 Å². The van der Waals surface area contributed by atoms with Crippen LogP contribution >= 0.6 is 23.4 Å². The lowest BCUT2D eigenvalue weighted by molar-refractivity contribution is -0.123. The van der Waals surface area contributed by atoms with Crippen molar-refractivity contribution in [3.8, 4) is 0 Å². The number of rotatable bonds is 7. The van der Waals surface area contributed by atoms with Crippen molar-refractivity contribution in [3.63, 3.8) is 0 Å². The third-order valence-corrected chi connectivity index (χ3v) is 4.20. The quantitative estimate of drug-likeness (QED) is 0.430. The third-order valence-electron chi connectivity index (χ3n) is 2.98. The molecule has 24 heavy (non-hydrogen) atoms. The molecule has 9 heteroatoms. The van der Waals surface area contributed by atoms with Gasteiger partial charge in [-0.2, -0.15) is 0 Å². The molecule has 7 nitrogen and oxygen atoms in total. The van der Waals surface area contributed by atoms with Crippen LogP contribution in [-0.4, -0.2) is 33.7 Å². The highest BCUT2D eigenvalue weighted by atomic mass is 35.5. The zero-order chi connectivity index (χ0) is 17.7. The van der Waals surface area contributed by atoms with Crippen LogP contribution in [0.15, 0.2) is 40.8 Å². The second-order valence-electron chi connectivity index (χ2n) is 4.79. The molecule has 0 radical (unpaired) electrons. The van der Waals surface area contributed by atoms with Crippen molar-refractivity contribution in [2.45, 2.75) is 11.7 Å². The number of amides is 2. The van der Waals surface area contributed by atoms with Gasteiger partial charge in [0.05, 0.1) is 23.2 Å². The van der Waals surface area contributed by atoms with Gasteiger partial charge >= 0.3 is 0 Å². The second-order valence-corrected chi connectivity index (χ2v) is 6.17. The monoisotopic (exact) mass is 366 g/mol. The van der Waals surface area contributed by atoms with Crippen LogP contribution in [0.25, 0.3) is 10.9 Å². The maximum absolute atomic E-state index is 12.6. The molecule has 0 aliphatic carbocycles. The van der Waals surface area contributed by atoms with Crippen molar-refractivity contribution in [2.75, 3.05) is 12.3 Å². The Hall–Kier alpha value is -2.32. The largest absolute Gasteiger partial charge is 0.368 e. The predicted octanol–water partition coefficient (Wildman–Crippen LogP) is 0.929. The molecule has 2 aromatic rings. The van der Waals surface area contributed by atoms with Gasteiger partial charge in [-0.15, -0.1) is 6.58 Å². The topological polar surface area (TPSA) is 107 Å². The number of hydrogen-bond acceptors (Lipinski definition) is 5. The van der Waals surface area contributed by atoms with Gasteiger partial charge in [0, 0.05) is 11.6 Å². The molecule has 2 amide bonds. The minimum absolute atomic E-state index is 0.00401. The number of benzene rings is 1. The number of thioether (sulfide) groups is 1. The minimum atomic E-state index is -0.627. The van der Waals surface area contributed by atoms with E-state index in [9.17, 15) is 14.4 Å². The smallest absolute Gasteiger partial charge is 0.262 e. The summed E-state index contributed by atoms with van der Waals surface area (Å²) in [5, 5.41) is 3.59. The second kappa shape index (κ2) is 7.98. The van der Waals surface area contributed by atoms with Gasteiger partial charge in [0.25, 0.3) is 5.56 Å². The van der Waals surface area contributed by atoms with Crippen LogP contribution in [0.3, 0.4) is 0 Å². The van der Waals surface area contributed by atoms with Crippen LogP contribution in [0.2, 0.25) is 5.02 Å². The summed E-state index contributed by atoms with van der Waals surface area (Å²) in [4.78, 5) is 39.4. The molecule has 1 heterocycles. The lowest BCUT2D eigenvalue weighted by Crippen LogP contribution is -2.34. The Bertz CT molecular complexity index is 866. The highest BCUT2D eigenvalue weighted by Crippen LogP contribution is 2.20. The lowest BCUT2D eigenvalue weighted by Gasteiger charge is -2.11. The number of carbonyl (C=O) groups excluding carboxylic acids is 2. The first-order valence-electron chi connectivity index (χ1n) is 6.91. The van der Waals surface area contributed by atoms with Crippen LogP contribution in [0, 0.1) is 0 Å². The van der Waals surface area contributed by atoms with Gasteiger partial charge in [0.2, 0.25) is 11.8 Å². The number of nitrogens with two attached hydrogens (primary N) is 1. The summed E-state index contributed by atoms with van der Waals surface area (Å²) < 4.78 is 1.41. The number of hydrogen-bond donors (Lipinski definition) is 2. The van der Waals surface area contributed by atoms with Gasteiger partial charge in [-0.1, -0.05) is 29.4 Å². The van der Waals surface area contributed by atoms with Crippen LogP contribution in [-0.2, 0) is 16.1 Å². The summed E-state index contributed by atoms with van der Waals surface area (Å²) in [5.41, 5.74) is 5.19. The van der Waals surface area contributed by atoms with Crippen molar-refractivity contribution in [3.05, 3.63) is 46.2 Å². The molecule has 3 N–H and O–H groups in total. The van der Waals surface area contributed by atoms with Gasteiger partial charge in [-0.05, 0) is 18.2 Å². The van der Waals surface area contributed by atoms with Crippen LogP contribution in [0.1, 0.15) is 0 Å². The van der Waals surface area contributed by atoms with Crippen molar-refractivity contribution in [2.24, 2.45) is 5.73 Å². The van der Waals surface area contributed by atoms with E-state index in [1.54, 1.807) is 24.3 Å². The Morgan fingerprint density at radius 2 is 2.21 bits per heavy atom. The number of primary amides is 1. The van der Waals surface area contributed by atoms with Gasteiger partial charge in [-0.3, -0.25) is 19.0 Å². The van der Waals surface area contributed by atoms with Crippen molar-refractivity contribution in [1.82, 2.24) is 14.9 Å². The van der Waals surface area contributed by atoms with E-state index in [-0.39, 0.29) is 30.3 Å². The molecule has 1 aromatic carbocycles. The lowest BCUT2D eigenvalue weighted by atomic mass is 10.2. The maximum atomic E-state index is 12.6. The van der Waals surface area contributed by atoms with Crippen LogP contribution in [0.4, 0.5) is 0 Å². The molecular formula is C15H15ClN4O3S. The van der Waals surface area contributed by atoms with Gasteiger partial charge in [0.15, 0.2) is 5.16 Å². The van der Waals surface area contributed by atoms with Gasteiger partial charge in [0.1, 0.15) is 0 Å². The Kier molecular flexibility index (Phi) is 5.99. The minimum Gasteiger partial charge on any atom is -0.368 e. The molecule has 0 saturated heterocycles. The molecule has 0 atom stereocenters. The summed E-state index contributed by atoms with van der Waals surface area (Å²) in [7, 11) is 0. The Morgan fingerprint density at radius 1 is 1.46 bits per heavy atom. The van der Waals surface area contributed by atoms with Crippen LogP contribution in [0.5, 0.6) is 0 Å². The fraction of sp³-hybridized carbons (Fsp3) is 0.200. The Morgan fingerprint density at radius 3 is 2.88 bits per heavy atom. The van der Waals surface area contributed by atoms with E-state index in [4.69, 9.17) is 17.3 Å². The number of nitrogens with one attached hydrogen (secondary N) is 1. The van der Waals surface area contributed by atoms with E-state index in [1.165, 1.54) is 4.57 Å². The first-order valence-corrected chi connectivity index (χ1v) is 8.27. The molecular weight excluding hydrogens is 352 g/mol. The summed E-state index contributed by atoms with van der Waals surface area (Å²) in [6.07, 6.45) is 1.57. The predicted molar refractivity (Wildman–Crippen MR) is 94.1 cm³/mol. The average Bonchev–Trinajstić information content (AvgIpc) is 2.54. The van der Waals surface area contributed by atoms with Crippen molar-refractivity contribution < 1.29 is 9.59 Å². The summed E-state index contributed by atoms with van der Waals surface area (Å²) >= 11 is 7.02. The third kappa shape index (κ3) is 4.36. The Balaban J connectivity index is 2.31. The van der Waals surface area contributed by atoms with Gasteiger partial charge < -0.3 is 11.1 Å². The van der Waals surface area contributed by atoms with E-state index in [0.717, 1.165) is 11.8 Å². The molecule has 0 saturated carbocycles. The molecule has 0 fully saturated rings. The normalized spacial score (nSPS) is 10.5. The number of halogens is 1. The molecule has 126 valence electrons. The average molecular weight is 367 g/mol. The molecule has 0 bridgehead atoms. The highest BCUT2D eigenvalue weighted by molar-refractivity contribution is 7.99.